The zero-order valence-corrected chi connectivity index (χ0v) is 13.5. The van der Waals surface area contributed by atoms with Crippen molar-refractivity contribution in [2.75, 3.05) is 5.32 Å². The number of anilines is 1. The van der Waals surface area contributed by atoms with Crippen LogP contribution in [0.3, 0.4) is 0 Å². The summed E-state index contributed by atoms with van der Waals surface area (Å²) in [6.45, 7) is 0.243. The van der Waals surface area contributed by atoms with Crippen molar-refractivity contribution >= 4 is 40.2 Å². The third kappa shape index (κ3) is 3.99. The molecule has 1 aromatic carbocycles. The molecule has 23 heavy (non-hydrogen) atoms. The van der Waals surface area contributed by atoms with E-state index in [0.29, 0.717) is 15.6 Å². The van der Waals surface area contributed by atoms with Crippen molar-refractivity contribution in [1.29, 1.82) is 0 Å². The van der Waals surface area contributed by atoms with Crippen LogP contribution in [0.25, 0.3) is 0 Å². The van der Waals surface area contributed by atoms with Gasteiger partial charge in [-0.1, -0.05) is 35.6 Å². The Balaban J connectivity index is 1.57. The first-order chi connectivity index (χ1) is 11.2. The highest BCUT2D eigenvalue weighted by Crippen LogP contribution is 2.14. The summed E-state index contributed by atoms with van der Waals surface area (Å²) in [5, 5.41) is 16.0. The number of hydrogen-bond donors (Lipinski definition) is 2. The molecule has 0 aliphatic carbocycles. The van der Waals surface area contributed by atoms with Gasteiger partial charge >= 0.3 is 0 Å². The van der Waals surface area contributed by atoms with Crippen LogP contribution < -0.4 is 10.6 Å². The van der Waals surface area contributed by atoms with E-state index in [-0.39, 0.29) is 23.4 Å². The van der Waals surface area contributed by atoms with Crippen molar-refractivity contribution < 1.29 is 9.59 Å². The predicted molar refractivity (Wildman–Crippen MR) is 89.8 cm³/mol. The fourth-order valence-electron chi connectivity index (χ4n) is 1.77. The van der Waals surface area contributed by atoms with Crippen LogP contribution in [0, 0.1) is 0 Å². The van der Waals surface area contributed by atoms with E-state index in [2.05, 4.69) is 20.8 Å². The highest BCUT2D eigenvalue weighted by Gasteiger charge is 2.14. The number of nitrogens with zero attached hydrogens (tertiary/aromatic N) is 2. The van der Waals surface area contributed by atoms with Gasteiger partial charge in [-0.15, -0.1) is 21.5 Å². The first-order valence-electron chi connectivity index (χ1n) is 6.73. The quantitative estimate of drug-likeness (QED) is 0.745. The molecule has 0 saturated heterocycles. The molecule has 3 aromatic rings. The van der Waals surface area contributed by atoms with E-state index in [1.165, 1.54) is 11.3 Å². The number of para-hydroxylation sites is 1. The van der Waals surface area contributed by atoms with Crippen LogP contribution in [-0.2, 0) is 6.54 Å². The molecule has 0 aliphatic rings. The van der Waals surface area contributed by atoms with Gasteiger partial charge in [0.2, 0.25) is 5.01 Å². The van der Waals surface area contributed by atoms with Crippen molar-refractivity contribution in [2.24, 2.45) is 0 Å². The van der Waals surface area contributed by atoms with Gasteiger partial charge in [0, 0.05) is 5.69 Å². The summed E-state index contributed by atoms with van der Waals surface area (Å²) in [5.41, 5.74) is 0.695. The van der Waals surface area contributed by atoms with E-state index < -0.39 is 0 Å². The molecule has 3 rings (SSSR count). The molecule has 2 heterocycles. The van der Waals surface area contributed by atoms with Gasteiger partial charge in [-0.25, -0.2) is 0 Å². The fourth-order valence-corrected chi connectivity index (χ4v) is 3.09. The van der Waals surface area contributed by atoms with Gasteiger partial charge in [0.05, 0.1) is 11.4 Å². The topological polar surface area (TPSA) is 84.0 Å². The van der Waals surface area contributed by atoms with E-state index in [0.717, 1.165) is 11.3 Å². The molecule has 0 spiro atoms. The van der Waals surface area contributed by atoms with E-state index in [1.54, 1.807) is 18.2 Å². The number of benzene rings is 1. The maximum absolute atomic E-state index is 12.1. The minimum Gasteiger partial charge on any atom is -0.345 e. The summed E-state index contributed by atoms with van der Waals surface area (Å²) in [6, 6.07) is 12.7. The third-order valence-electron chi connectivity index (χ3n) is 2.84. The van der Waals surface area contributed by atoms with Crippen molar-refractivity contribution in [3.63, 3.8) is 0 Å². The number of nitrogens with one attached hydrogen (secondary N) is 2. The monoisotopic (exact) mass is 344 g/mol. The highest BCUT2D eigenvalue weighted by atomic mass is 32.1. The Kier molecular flexibility index (Phi) is 4.74. The van der Waals surface area contributed by atoms with Crippen molar-refractivity contribution in [1.82, 2.24) is 15.5 Å². The first-order valence-corrected chi connectivity index (χ1v) is 8.42. The molecule has 0 atom stereocenters. The summed E-state index contributed by atoms with van der Waals surface area (Å²) < 4.78 is 0. The van der Waals surface area contributed by atoms with Gasteiger partial charge in [0.1, 0.15) is 5.01 Å². The minimum atomic E-state index is -0.315. The second kappa shape index (κ2) is 7.12. The molecule has 0 fully saturated rings. The van der Waals surface area contributed by atoms with Gasteiger partial charge in [0.15, 0.2) is 0 Å². The van der Waals surface area contributed by atoms with Gasteiger partial charge in [-0.05, 0) is 23.6 Å². The van der Waals surface area contributed by atoms with Crippen LogP contribution in [0.1, 0.15) is 24.5 Å². The van der Waals surface area contributed by atoms with Gasteiger partial charge in [0.25, 0.3) is 11.8 Å². The van der Waals surface area contributed by atoms with Crippen LogP contribution in [-0.4, -0.2) is 22.0 Å². The van der Waals surface area contributed by atoms with Crippen LogP contribution in [0.4, 0.5) is 5.69 Å². The molecule has 6 nitrogen and oxygen atoms in total. The smallest absolute Gasteiger partial charge is 0.286 e. The zero-order valence-electron chi connectivity index (χ0n) is 11.9. The number of thiophene rings is 1. The van der Waals surface area contributed by atoms with Crippen LogP contribution in [0.15, 0.2) is 47.8 Å². The lowest BCUT2D eigenvalue weighted by Gasteiger charge is -2.01. The molecular weight excluding hydrogens is 332 g/mol. The maximum Gasteiger partial charge on any atom is 0.286 e. The van der Waals surface area contributed by atoms with Crippen LogP contribution in [0.2, 0.25) is 0 Å². The van der Waals surface area contributed by atoms with Gasteiger partial charge in [-0.2, -0.15) is 0 Å². The number of carbonyl (C=O) groups excluding carboxylic acids is 2. The lowest BCUT2D eigenvalue weighted by molar-refractivity contribution is 0.0954. The van der Waals surface area contributed by atoms with Crippen LogP contribution >= 0.6 is 22.7 Å². The fraction of sp³-hybridized carbons (Fsp3) is 0.0667. The summed E-state index contributed by atoms with van der Waals surface area (Å²) in [7, 11) is 0. The molecule has 0 bridgehead atoms. The normalized spacial score (nSPS) is 10.3. The Morgan fingerprint density at radius 1 is 1.00 bits per heavy atom. The van der Waals surface area contributed by atoms with Crippen LogP contribution in [0.5, 0.6) is 0 Å². The van der Waals surface area contributed by atoms with E-state index in [1.807, 2.05) is 29.6 Å². The van der Waals surface area contributed by atoms with Crippen molar-refractivity contribution in [3.8, 4) is 0 Å². The summed E-state index contributed by atoms with van der Waals surface area (Å²) in [5.74, 6) is -0.477. The Hall–Kier alpha value is -2.58. The number of aromatic nitrogens is 2. The molecule has 8 heteroatoms. The average molecular weight is 344 g/mol. The molecule has 116 valence electrons. The lowest BCUT2D eigenvalue weighted by atomic mass is 10.3. The van der Waals surface area contributed by atoms with E-state index in [9.17, 15) is 9.59 Å². The number of rotatable bonds is 5. The molecule has 0 aliphatic heterocycles. The zero-order chi connectivity index (χ0) is 16.1. The Labute approximate surface area is 140 Å². The number of carbonyl (C=O) groups is 2. The molecule has 2 amide bonds. The maximum atomic E-state index is 12.1. The standard InChI is InChI=1S/C15H12N4O2S2/c20-13(11-7-4-8-22-11)16-9-12-18-19-15(23-12)14(21)17-10-5-2-1-3-6-10/h1-8H,9H2,(H,16,20)(H,17,21). The second-order valence-electron chi connectivity index (χ2n) is 4.48. The van der Waals surface area contributed by atoms with Gasteiger partial charge < -0.3 is 10.6 Å². The minimum absolute atomic E-state index is 0.162. The third-order valence-corrected chi connectivity index (χ3v) is 4.63. The largest absolute Gasteiger partial charge is 0.345 e. The lowest BCUT2D eigenvalue weighted by Crippen LogP contribution is -2.21. The Morgan fingerprint density at radius 2 is 1.83 bits per heavy atom. The Morgan fingerprint density at radius 3 is 2.57 bits per heavy atom. The van der Waals surface area contributed by atoms with Gasteiger partial charge in [-0.3, -0.25) is 9.59 Å². The molecule has 2 aromatic heterocycles. The second-order valence-corrected chi connectivity index (χ2v) is 6.49. The SMILES string of the molecule is O=C(NCc1nnc(C(=O)Nc2ccccc2)s1)c1cccs1. The van der Waals surface area contributed by atoms with E-state index in [4.69, 9.17) is 0 Å². The first kappa shape index (κ1) is 15.3. The summed E-state index contributed by atoms with van der Waals surface area (Å²) in [4.78, 5) is 24.5. The summed E-state index contributed by atoms with van der Waals surface area (Å²) in [6.07, 6.45) is 0. The number of hydrogen-bond acceptors (Lipinski definition) is 6. The number of amides is 2. The molecule has 0 unspecified atom stereocenters. The molecule has 2 N–H and O–H groups in total. The average Bonchev–Trinajstić information content (AvgIpc) is 3.25. The van der Waals surface area contributed by atoms with Crippen molar-refractivity contribution in [3.05, 3.63) is 62.7 Å². The molecule has 0 radical (unpaired) electrons. The molecular formula is C15H12N4O2S2. The Bertz CT molecular complexity index is 800. The highest BCUT2D eigenvalue weighted by molar-refractivity contribution is 7.13. The van der Waals surface area contributed by atoms with Crippen molar-refractivity contribution in [2.45, 2.75) is 6.54 Å². The predicted octanol–water partition coefficient (Wildman–Crippen LogP) is 2.78. The molecule has 0 saturated carbocycles. The summed E-state index contributed by atoms with van der Waals surface area (Å²) >= 11 is 2.52. The van der Waals surface area contributed by atoms with E-state index >= 15 is 0 Å².